The van der Waals surface area contributed by atoms with Crippen molar-refractivity contribution in [1.82, 2.24) is 0 Å². The maximum atomic E-state index is 2.37. The quantitative estimate of drug-likeness (QED) is 0.744. The Balaban J connectivity index is 2.09. The fourth-order valence-corrected chi connectivity index (χ4v) is 2.71. The summed E-state index contributed by atoms with van der Waals surface area (Å²) in [6.07, 6.45) is 0. The Labute approximate surface area is 108 Å². The van der Waals surface area contributed by atoms with Gasteiger partial charge < -0.3 is 9.80 Å². The van der Waals surface area contributed by atoms with E-state index in [4.69, 9.17) is 0 Å². The first-order valence-electron chi connectivity index (χ1n) is 6.31. The van der Waals surface area contributed by atoms with Gasteiger partial charge in [0.05, 0.1) is 18.0 Å². The van der Waals surface area contributed by atoms with Gasteiger partial charge >= 0.3 is 0 Å². The Morgan fingerprint density at radius 2 is 1.50 bits per heavy atom. The summed E-state index contributed by atoms with van der Waals surface area (Å²) in [5, 5.41) is 0. The van der Waals surface area contributed by atoms with Crippen LogP contribution in [0.15, 0.2) is 42.5 Å². The molecule has 0 spiro atoms. The van der Waals surface area contributed by atoms with Gasteiger partial charge in [0.25, 0.3) is 0 Å². The molecule has 0 aromatic heterocycles. The maximum Gasteiger partial charge on any atom is 0.0950 e. The Hall–Kier alpha value is -1.96. The van der Waals surface area contributed by atoms with Crippen molar-refractivity contribution in [1.29, 1.82) is 0 Å². The standard InChI is InChI=1S/C16H18N2/c1-12-8-13(2)10-14(9-12)18-11-17(3)15-6-4-5-7-16(15)18/h4-10H,11H2,1-3H3. The minimum absolute atomic E-state index is 0.919. The summed E-state index contributed by atoms with van der Waals surface area (Å²) in [5.74, 6) is 0. The number of fused-ring (bicyclic) bond motifs is 1. The Kier molecular flexibility index (Phi) is 2.51. The second-order valence-corrected chi connectivity index (χ2v) is 5.10. The van der Waals surface area contributed by atoms with E-state index in [0.717, 1.165) is 6.67 Å². The second kappa shape index (κ2) is 4.05. The van der Waals surface area contributed by atoms with Crippen molar-refractivity contribution in [3.63, 3.8) is 0 Å². The minimum atomic E-state index is 0.919. The van der Waals surface area contributed by atoms with Crippen LogP contribution in [0.25, 0.3) is 0 Å². The summed E-state index contributed by atoms with van der Waals surface area (Å²) in [5.41, 5.74) is 6.51. The number of hydrogen-bond acceptors (Lipinski definition) is 2. The van der Waals surface area contributed by atoms with Gasteiger partial charge in [0.1, 0.15) is 0 Å². The lowest BCUT2D eigenvalue weighted by atomic mass is 10.1. The van der Waals surface area contributed by atoms with Gasteiger partial charge in [0, 0.05) is 12.7 Å². The van der Waals surface area contributed by atoms with Crippen molar-refractivity contribution in [2.24, 2.45) is 0 Å². The molecule has 18 heavy (non-hydrogen) atoms. The monoisotopic (exact) mass is 238 g/mol. The molecule has 0 aliphatic carbocycles. The van der Waals surface area contributed by atoms with Crippen LogP contribution in [-0.2, 0) is 0 Å². The smallest absolute Gasteiger partial charge is 0.0950 e. The molecular formula is C16H18N2. The third-order valence-corrected chi connectivity index (χ3v) is 3.46. The van der Waals surface area contributed by atoms with Crippen LogP contribution in [0.3, 0.4) is 0 Å². The van der Waals surface area contributed by atoms with Crippen LogP contribution in [0.5, 0.6) is 0 Å². The lowest BCUT2D eigenvalue weighted by Gasteiger charge is -2.20. The molecule has 3 rings (SSSR count). The highest BCUT2D eigenvalue weighted by Crippen LogP contribution is 2.39. The zero-order valence-corrected chi connectivity index (χ0v) is 11.1. The maximum absolute atomic E-state index is 2.37. The van der Waals surface area contributed by atoms with Crippen molar-refractivity contribution >= 4 is 17.1 Å². The molecule has 0 unspecified atom stereocenters. The van der Waals surface area contributed by atoms with Crippen molar-refractivity contribution in [2.75, 3.05) is 23.5 Å². The number of nitrogens with zero attached hydrogens (tertiary/aromatic N) is 2. The van der Waals surface area contributed by atoms with E-state index in [0.29, 0.717) is 0 Å². The average Bonchev–Trinajstić information content (AvgIpc) is 2.66. The van der Waals surface area contributed by atoms with Crippen molar-refractivity contribution in [2.45, 2.75) is 13.8 Å². The molecule has 0 saturated carbocycles. The molecule has 0 bridgehead atoms. The fraction of sp³-hybridized carbons (Fsp3) is 0.250. The third kappa shape index (κ3) is 1.74. The molecule has 0 radical (unpaired) electrons. The molecule has 2 heteroatoms. The molecule has 0 saturated heterocycles. The van der Waals surface area contributed by atoms with Crippen molar-refractivity contribution in [3.8, 4) is 0 Å². The van der Waals surface area contributed by atoms with E-state index < -0.39 is 0 Å². The number of benzene rings is 2. The third-order valence-electron chi connectivity index (χ3n) is 3.46. The number of aryl methyl sites for hydroxylation is 2. The zero-order valence-electron chi connectivity index (χ0n) is 11.1. The van der Waals surface area contributed by atoms with Crippen LogP contribution in [0, 0.1) is 13.8 Å². The molecule has 2 nitrogen and oxygen atoms in total. The van der Waals surface area contributed by atoms with Gasteiger partial charge in [-0.1, -0.05) is 18.2 Å². The highest BCUT2D eigenvalue weighted by Gasteiger charge is 2.23. The first-order chi connectivity index (χ1) is 8.65. The van der Waals surface area contributed by atoms with Gasteiger partial charge in [-0.2, -0.15) is 0 Å². The lowest BCUT2D eigenvalue weighted by molar-refractivity contribution is 0.948. The second-order valence-electron chi connectivity index (χ2n) is 5.10. The Morgan fingerprint density at radius 3 is 2.17 bits per heavy atom. The summed E-state index contributed by atoms with van der Waals surface area (Å²) in [7, 11) is 2.14. The average molecular weight is 238 g/mol. The minimum Gasteiger partial charge on any atom is -0.355 e. The van der Waals surface area contributed by atoms with E-state index in [-0.39, 0.29) is 0 Å². The molecule has 1 heterocycles. The predicted molar refractivity (Wildman–Crippen MR) is 77.8 cm³/mol. The van der Waals surface area contributed by atoms with E-state index in [1.165, 1.54) is 28.2 Å². The van der Waals surface area contributed by atoms with Crippen molar-refractivity contribution in [3.05, 3.63) is 53.6 Å². The SMILES string of the molecule is Cc1cc(C)cc(N2CN(C)c3ccccc32)c1. The van der Waals surface area contributed by atoms with Gasteiger partial charge in [0.2, 0.25) is 0 Å². The zero-order chi connectivity index (χ0) is 12.7. The molecule has 0 atom stereocenters. The summed E-state index contributed by atoms with van der Waals surface area (Å²) >= 11 is 0. The Morgan fingerprint density at radius 1 is 0.889 bits per heavy atom. The highest BCUT2D eigenvalue weighted by atomic mass is 15.4. The first kappa shape index (κ1) is 11.1. The van der Waals surface area contributed by atoms with Gasteiger partial charge in [-0.05, 0) is 49.2 Å². The summed E-state index contributed by atoms with van der Waals surface area (Å²) in [6.45, 7) is 5.23. The summed E-state index contributed by atoms with van der Waals surface area (Å²) < 4.78 is 0. The summed E-state index contributed by atoms with van der Waals surface area (Å²) in [6, 6.07) is 15.3. The predicted octanol–water partition coefficient (Wildman–Crippen LogP) is 3.85. The van der Waals surface area contributed by atoms with E-state index in [2.05, 4.69) is 73.2 Å². The largest absolute Gasteiger partial charge is 0.355 e. The van der Waals surface area contributed by atoms with E-state index in [1.54, 1.807) is 0 Å². The van der Waals surface area contributed by atoms with E-state index in [9.17, 15) is 0 Å². The number of para-hydroxylation sites is 2. The Bertz CT molecular complexity index is 569. The van der Waals surface area contributed by atoms with Gasteiger partial charge in [-0.25, -0.2) is 0 Å². The molecule has 2 aromatic rings. The van der Waals surface area contributed by atoms with Crippen molar-refractivity contribution < 1.29 is 0 Å². The van der Waals surface area contributed by atoms with Crippen LogP contribution in [0.2, 0.25) is 0 Å². The lowest BCUT2D eigenvalue weighted by Crippen LogP contribution is -2.24. The fourth-order valence-electron chi connectivity index (χ4n) is 2.71. The van der Waals surface area contributed by atoms with Crippen LogP contribution in [0.1, 0.15) is 11.1 Å². The van der Waals surface area contributed by atoms with Gasteiger partial charge in [-0.15, -0.1) is 0 Å². The molecule has 0 N–H and O–H groups in total. The molecule has 0 amide bonds. The number of anilines is 3. The molecular weight excluding hydrogens is 220 g/mol. The number of rotatable bonds is 1. The van der Waals surface area contributed by atoms with Crippen LogP contribution >= 0.6 is 0 Å². The molecule has 2 aromatic carbocycles. The van der Waals surface area contributed by atoms with Gasteiger partial charge in [0.15, 0.2) is 0 Å². The van der Waals surface area contributed by atoms with E-state index in [1.807, 2.05) is 0 Å². The van der Waals surface area contributed by atoms with Crippen LogP contribution in [-0.4, -0.2) is 13.7 Å². The molecule has 1 aliphatic heterocycles. The summed E-state index contributed by atoms with van der Waals surface area (Å²) in [4.78, 5) is 4.66. The van der Waals surface area contributed by atoms with Crippen LogP contribution in [0.4, 0.5) is 17.1 Å². The molecule has 1 aliphatic rings. The topological polar surface area (TPSA) is 6.48 Å². The highest BCUT2D eigenvalue weighted by molar-refractivity contribution is 5.82. The van der Waals surface area contributed by atoms with Gasteiger partial charge in [-0.3, -0.25) is 0 Å². The molecule has 0 fully saturated rings. The number of hydrogen-bond donors (Lipinski definition) is 0. The van der Waals surface area contributed by atoms with Crippen LogP contribution < -0.4 is 9.80 Å². The first-order valence-corrected chi connectivity index (χ1v) is 6.31. The van der Waals surface area contributed by atoms with E-state index >= 15 is 0 Å². The molecule has 92 valence electrons. The normalized spacial score (nSPS) is 13.9.